The van der Waals surface area contributed by atoms with Gasteiger partial charge in [-0.05, 0) is 37.0 Å². The van der Waals surface area contributed by atoms with Crippen molar-refractivity contribution in [3.8, 4) is 0 Å². The molecule has 0 unspecified atom stereocenters. The number of hydrogen-bond donors (Lipinski definition) is 2. The Labute approximate surface area is 95.8 Å². The number of halogens is 1. The van der Waals surface area contributed by atoms with E-state index < -0.39 is 0 Å². The van der Waals surface area contributed by atoms with Crippen LogP contribution in [0.15, 0.2) is 24.3 Å². The van der Waals surface area contributed by atoms with Gasteiger partial charge in [-0.3, -0.25) is 0 Å². The van der Waals surface area contributed by atoms with E-state index in [1.165, 1.54) is 0 Å². The molecule has 0 aromatic heterocycles. The summed E-state index contributed by atoms with van der Waals surface area (Å²) in [5.41, 5.74) is 6.99. The van der Waals surface area contributed by atoms with Gasteiger partial charge in [-0.2, -0.15) is 0 Å². The second-order valence-corrected chi connectivity index (χ2v) is 5.07. The molecule has 15 heavy (non-hydrogen) atoms. The van der Waals surface area contributed by atoms with E-state index in [9.17, 15) is 0 Å². The van der Waals surface area contributed by atoms with Gasteiger partial charge in [0.15, 0.2) is 0 Å². The molecule has 2 rings (SSSR count). The topological polar surface area (TPSA) is 38.0 Å². The molecule has 1 fully saturated rings. The van der Waals surface area contributed by atoms with Gasteiger partial charge >= 0.3 is 0 Å². The van der Waals surface area contributed by atoms with Gasteiger partial charge in [0, 0.05) is 17.3 Å². The summed E-state index contributed by atoms with van der Waals surface area (Å²) < 4.78 is 0. The maximum Gasteiger partial charge on any atom is 0.0500 e. The lowest BCUT2D eigenvalue weighted by atomic mass is 9.69. The van der Waals surface area contributed by atoms with Crippen molar-refractivity contribution in [1.29, 1.82) is 0 Å². The normalized spacial score (nSPS) is 29.7. The SMILES string of the molecule is CC1CC(CN)(Nc2cccc(Cl)c2)C1. The number of nitrogens with two attached hydrogens (primary N) is 1. The van der Waals surface area contributed by atoms with Crippen molar-refractivity contribution in [1.82, 2.24) is 0 Å². The van der Waals surface area contributed by atoms with E-state index in [0.717, 1.165) is 29.5 Å². The highest BCUT2D eigenvalue weighted by Gasteiger charge is 2.40. The average Bonchev–Trinajstić information content (AvgIpc) is 2.15. The fraction of sp³-hybridized carbons (Fsp3) is 0.500. The molecular formula is C12H17ClN2. The summed E-state index contributed by atoms with van der Waals surface area (Å²) in [5.74, 6) is 0.778. The molecule has 1 saturated carbocycles. The van der Waals surface area contributed by atoms with Crippen LogP contribution in [0.2, 0.25) is 5.02 Å². The van der Waals surface area contributed by atoms with E-state index in [4.69, 9.17) is 17.3 Å². The molecule has 3 heteroatoms. The first-order chi connectivity index (χ1) is 7.13. The number of anilines is 1. The maximum atomic E-state index is 5.94. The van der Waals surface area contributed by atoms with Crippen molar-refractivity contribution >= 4 is 17.3 Å². The molecule has 0 saturated heterocycles. The zero-order chi connectivity index (χ0) is 10.9. The van der Waals surface area contributed by atoms with E-state index >= 15 is 0 Å². The molecule has 0 amide bonds. The minimum atomic E-state index is 0.101. The summed E-state index contributed by atoms with van der Waals surface area (Å²) in [6.45, 7) is 2.94. The standard InChI is InChI=1S/C12H17ClN2/c1-9-6-12(7-9,8-14)15-11-4-2-3-10(13)5-11/h2-5,9,15H,6-8,14H2,1H3. The van der Waals surface area contributed by atoms with Crippen LogP contribution in [0, 0.1) is 5.92 Å². The summed E-state index contributed by atoms with van der Waals surface area (Å²) in [5, 5.41) is 4.27. The lowest BCUT2D eigenvalue weighted by Crippen LogP contribution is -2.54. The summed E-state index contributed by atoms with van der Waals surface area (Å²) in [6, 6.07) is 7.82. The fourth-order valence-electron chi connectivity index (χ4n) is 2.47. The van der Waals surface area contributed by atoms with Crippen LogP contribution in [0.1, 0.15) is 19.8 Å². The van der Waals surface area contributed by atoms with Crippen LogP contribution < -0.4 is 11.1 Å². The van der Waals surface area contributed by atoms with Crippen LogP contribution in [0.4, 0.5) is 5.69 Å². The third kappa shape index (κ3) is 2.27. The summed E-state index contributed by atoms with van der Waals surface area (Å²) in [4.78, 5) is 0. The van der Waals surface area contributed by atoms with E-state index in [-0.39, 0.29) is 5.54 Å². The van der Waals surface area contributed by atoms with Crippen LogP contribution in [-0.2, 0) is 0 Å². The first-order valence-corrected chi connectivity index (χ1v) is 5.75. The molecule has 0 bridgehead atoms. The van der Waals surface area contributed by atoms with E-state index in [2.05, 4.69) is 12.2 Å². The number of rotatable bonds is 3. The lowest BCUT2D eigenvalue weighted by molar-refractivity contribution is 0.194. The average molecular weight is 225 g/mol. The highest BCUT2D eigenvalue weighted by Crippen LogP contribution is 2.39. The number of nitrogens with one attached hydrogen (secondary N) is 1. The fourth-order valence-corrected chi connectivity index (χ4v) is 2.66. The largest absolute Gasteiger partial charge is 0.378 e. The van der Waals surface area contributed by atoms with Crippen LogP contribution >= 0.6 is 11.6 Å². The van der Waals surface area contributed by atoms with Gasteiger partial charge in [0.25, 0.3) is 0 Å². The van der Waals surface area contributed by atoms with Crippen molar-refractivity contribution < 1.29 is 0 Å². The third-order valence-corrected chi connectivity index (χ3v) is 3.34. The van der Waals surface area contributed by atoms with E-state index in [1.807, 2.05) is 24.3 Å². The summed E-state index contributed by atoms with van der Waals surface area (Å²) in [6.07, 6.45) is 2.30. The molecule has 0 heterocycles. The Bertz CT molecular complexity index is 345. The van der Waals surface area contributed by atoms with Crippen LogP contribution in [0.5, 0.6) is 0 Å². The van der Waals surface area contributed by atoms with Crippen LogP contribution in [0.3, 0.4) is 0 Å². The Hall–Kier alpha value is -0.730. The Morgan fingerprint density at radius 1 is 1.53 bits per heavy atom. The zero-order valence-electron chi connectivity index (χ0n) is 8.96. The summed E-state index contributed by atoms with van der Waals surface area (Å²) in [7, 11) is 0. The molecule has 0 atom stereocenters. The maximum absolute atomic E-state index is 5.94. The second kappa shape index (κ2) is 4.03. The minimum Gasteiger partial charge on any atom is -0.378 e. The monoisotopic (exact) mass is 224 g/mol. The molecule has 0 spiro atoms. The van der Waals surface area contributed by atoms with Crippen molar-refractivity contribution in [2.24, 2.45) is 11.7 Å². The summed E-state index contributed by atoms with van der Waals surface area (Å²) >= 11 is 5.94. The minimum absolute atomic E-state index is 0.101. The first kappa shape index (κ1) is 10.8. The highest BCUT2D eigenvalue weighted by molar-refractivity contribution is 6.30. The Balaban J connectivity index is 2.07. The zero-order valence-corrected chi connectivity index (χ0v) is 9.72. The van der Waals surface area contributed by atoms with Gasteiger partial charge in [0.05, 0.1) is 5.54 Å². The molecule has 1 aromatic carbocycles. The Kier molecular flexibility index (Phi) is 2.89. The van der Waals surface area contributed by atoms with Gasteiger partial charge in [0.1, 0.15) is 0 Å². The second-order valence-electron chi connectivity index (χ2n) is 4.63. The van der Waals surface area contributed by atoms with Crippen molar-refractivity contribution in [3.05, 3.63) is 29.3 Å². The van der Waals surface area contributed by atoms with E-state index in [0.29, 0.717) is 6.54 Å². The molecule has 1 aliphatic rings. The Morgan fingerprint density at radius 2 is 2.27 bits per heavy atom. The van der Waals surface area contributed by atoms with Gasteiger partial charge < -0.3 is 11.1 Å². The van der Waals surface area contributed by atoms with Crippen LogP contribution in [0.25, 0.3) is 0 Å². The predicted octanol–water partition coefficient (Wildman–Crippen LogP) is 2.88. The van der Waals surface area contributed by atoms with Crippen molar-refractivity contribution in [2.75, 3.05) is 11.9 Å². The quantitative estimate of drug-likeness (QED) is 0.829. The molecular weight excluding hydrogens is 208 g/mol. The van der Waals surface area contributed by atoms with Crippen molar-refractivity contribution in [2.45, 2.75) is 25.3 Å². The smallest absolute Gasteiger partial charge is 0.0500 e. The third-order valence-electron chi connectivity index (χ3n) is 3.10. The first-order valence-electron chi connectivity index (χ1n) is 5.37. The molecule has 0 aliphatic heterocycles. The van der Waals surface area contributed by atoms with E-state index in [1.54, 1.807) is 0 Å². The van der Waals surface area contributed by atoms with Gasteiger partial charge in [-0.15, -0.1) is 0 Å². The molecule has 82 valence electrons. The number of hydrogen-bond acceptors (Lipinski definition) is 2. The molecule has 1 aliphatic carbocycles. The number of benzene rings is 1. The van der Waals surface area contributed by atoms with Crippen molar-refractivity contribution in [3.63, 3.8) is 0 Å². The van der Waals surface area contributed by atoms with Crippen LogP contribution in [-0.4, -0.2) is 12.1 Å². The molecule has 2 nitrogen and oxygen atoms in total. The predicted molar refractivity (Wildman–Crippen MR) is 65.3 cm³/mol. The van der Waals surface area contributed by atoms with Gasteiger partial charge in [0.2, 0.25) is 0 Å². The molecule has 3 N–H and O–H groups in total. The Morgan fingerprint density at radius 3 is 2.80 bits per heavy atom. The molecule has 0 radical (unpaired) electrons. The van der Waals surface area contributed by atoms with Gasteiger partial charge in [-0.1, -0.05) is 24.6 Å². The highest BCUT2D eigenvalue weighted by atomic mass is 35.5. The molecule has 1 aromatic rings. The van der Waals surface area contributed by atoms with Gasteiger partial charge in [-0.25, -0.2) is 0 Å². The lowest BCUT2D eigenvalue weighted by Gasteiger charge is -2.47.